The van der Waals surface area contributed by atoms with E-state index in [1.54, 1.807) is 12.3 Å². The number of nitrogens with one attached hydrogen (secondary N) is 1. The summed E-state index contributed by atoms with van der Waals surface area (Å²) >= 11 is 3.44. The Morgan fingerprint density at radius 2 is 2.00 bits per heavy atom. The number of pyridine rings is 1. The van der Waals surface area contributed by atoms with Gasteiger partial charge in [-0.3, -0.25) is 4.98 Å². The number of nitrogens with two attached hydrogens (primary N) is 1. The van der Waals surface area contributed by atoms with Gasteiger partial charge in [0.25, 0.3) is 0 Å². The minimum absolute atomic E-state index is 0.311. The quantitative estimate of drug-likeness (QED) is 0.703. The van der Waals surface area contributed by atoms with E-state index < -0.39 is 0 Å². The van der Waals surface area contributed by atoms with E-state index in [4.69, 9.17) is 5.73 Å². The van der Waals surface area contributed by atoms with Crippen molar-refractivity contribution in [3.8, 4) is 0 Å². The summed E-state index contributed by atoms with van der Waals surface area (Å²) in [6.45, 7) is 1.85. The second-order valence-electron chi connectivity index (χ2n) is 4.81. The maximum atomic E-state index is 14.0. The van der Waals surface area contributed by atoms with Gasteiger partial charge in [-0.15, -0.1) is 0 Å². The predicted octanol–water partition coefficient (Wildman–Crippen LogP) is 4.77. The third kappa shape index (κ3) is 2.56. The average molecular weight is 346 g/mol. The highest BCUT2D eigenvalue weighted by atomic mass is 79.9. The van der Waals surface area contributed by atoms with Crippen LogP contribution in [0.5, 0.6) is 0 Å². The van der Waals surface area contributed by atoms with E-state index in [0.29, 0.717) is 17.1 Å². The largest absolute Gasteiger partial charge is 0.396 e. The molecule has 0 aliphatic rings. The molecule has 2 aromatic carbocycles. The molecule has 0 atom stereocenters. The number of halogens is 2. The van der Waals surface area contributed by atoms with Crippen LogP contribution in [0.1, 0.15) is 5.56 Å². The zero-order valence-corrected chi connectivity index (χ0v) is 12.9. The number of hydrogen-bond donors (Lipinski definition) is 2. The Bertz CT molecular complexity index is 808. The first-order valence-corrected chi connectivity index (χ1v) is 7.21. The summed E-state index contributed by atoms with van der Waals surface area (Å²) in [5, 5.41) is 3.96. The topological polar surface area (TPSA) is 50.9 Å². The molecule has 3 N–H and O–H groups in total. The molecule has 0 aliphatic carbocycles. The molecule has 5 heteroatoms. The van der Waals surface area contributed by atoms with Gasteiger partial charge >= 0.3 is 0 Å². The molecule has 0 unspecified atom stereocenters. The molecule has 0 saturated heterocycles. The summed E-state index contributed by atoms with van der Waals surface area (Å²) in [5.74, 6) is -0.311. The van der Waals surface area contributed by atoms with Crippen LogP contribution in [-0.2, 0) is 0 Å². The molecule has 3 aromatic rings. The first kappa shape index (κ1) is 13.8. The number of aryl methyl sites for hydroxylation is 1. The van der Waals surface area contributed by atoms with Gasteiger partial charge in [0, 0.05) is 9.86 Å². The highest BCUT2D eigenvalue weighted by Gasteiger charge is 2.11. The van der Waals surface area contributed by atoms with E-state index in [1.807, 2.05) is 31.2 Å². The monoisotopic (exact) mass is 345 g/mol. The standard InChI is InChI=1S/C16H13BrFN3/c1-9-3-2-4-12(18)15(9)21-16-11-7-10(17)5-6-14(11)20-8-13(16)19/h2-8H,19H2,1H3,(H,20,21). The number of anilines is 3. The van der Waals surface area contributed by atoms with Crippen molar-refractivity contribution in [3.05, 3.63) is 58.4 Å². The van der Waals surface area contributed by atoms with E-state index in [2.05, 4.69) is 26.2 Å². The molecular weight excluding hydrogens is 333 g/mol. The number of benzene rings is 2. The second kappa shape index (κ2) is 5.33. The summed E-state index contributed by atoms with van der Waals surface area (Å²) < 4.78 is 14.9. The molecule has 21 heavy (non-hydrogen) atoms. The van der Waals surface area contributed by atoms with Crippen molar-refractivity contribution in [2.75, 3.05) is 11.1 Å². The Balaban J connectivity index is 2.20. The van der Waals surface area contributed by atoms with Crippen LogP contribution >= 0.6 is 15.9 Å². The summed E-state index contributed by atoms with van der Waals surface area (Å²) in [6.07, 6.45) is 1.58. The van der Waals surface area contributed by atoms with Gasteiger partial charge in [0.2, 0.25) is 0 Å². The lowest BCUT2D eigenvalue weighted by atomic mass is 10.1. The minimum atomic E-state index is -0.311. The fourth-order valence-corrected chi connectivity index (χ4v) is 2.60. The van der Waals surface area contributed by atoms with Gasteiger partial charge in [-0.1, -0.05) is 28.1 Å². The molecule has 3 rings (SSSR count). The van der Waals surface area contributed by atoms with Crippen molar-refractivity contribution < 1.29 is 4.39 Å². The van der Waals surface area contributed by atoms with Gasteiger partial charge in [0.05, 0.1) is 28.8 Å². The highest BCUT2D eigenvalue weighted by Crippen LogP contribution is 2.34. The van der Waals surface area contributed by atoms with Gasteiger partial charge in [-0.2, -0.15) is 0 Å². The third-order valence-corrected chi connectivity index (χ3v) is 3.82. The van der Waals surface area contributed by atoms with Gasteiger partial charge < -0.3 is 11.1 Å². The lowest BCUT2D eigenvalue weighted by Crippen LogP contribution is -2.02. The number of nitrogen functional groups attached to an aromatic ring is 1. The van der Waals surface area contributed by atoms with Crippen LogP contribution in [0.3, 0.4) is 0 Å². The normalized spacial score (nSPS) is 10.8. The number of rotatable bonds is 2. The first-order valence-electron chi connectivity index (χ1n) is 6.42. The molecule has 3 nitrogen and oxygen atoms in total. The Morgan fingerprint density at radius 3 is 2.76 bits per heavy atom. The predicted molar refractivity (Wildman–Crippen MR) is 88.3 cm³/mol. The summed E-state index contributed by atoms with van der Waals surface area (Å²) in [7, 11) is 0. The molecule has 0 fully saturated rings. The van der Waals surface area contributed by atoms with Gasteiger partial charge in [-0.05, 0) is 36.8 Å². The van der Waals surface area contributed by atoms with Crippen molar-refractivity contribution in [3.63, 3.8) is 0 Å². The van der Waals surface area contributed by atoms with Crippen molar-refractivity contribution in [1.29, 1.82) is 0 Å². The Morgan fingerprint density at radius 1 is 1.19 bits per heavy atom. The van der Waals surface area contributed by atoms with E-state index in [1.165, 1.54) is 6.07 Å². The van der Waals surface area contributed by atoms with Crippen LogP contribution in [0.25, 0.3) is 10.9 Å². The van der Waals surface area contributed by atoms with Crippen LogP contribution in [0.2, 0.25) is 0 Å². The van der Waals surface area contributed by atoms with Crippen LogP contribution in [-0.4, -0.2) is 4.98 Å². The van der Waals surface area contributed by atoms with Gasteiger partial charge in [-0.25, -0.2) is 4.39 Å². The van der Waals surface area contributed by atoms with E-state index in [0.717, 1.165) is 20.9 Å². The Labute approximate surface area is 130 Å². The molecular formula is C16H13BrFN3. The van der Waals surface area contributed by atoms with Crippen molar-refractivity contribution in [2.24, 2.45) is 0 Å². The van der Waals surface area contributed by atoms with E-state index in [-0.39, 0.29) is 5.82 Å². The molecule has 0 saturated carbocycles. The van der Waals surface area contributed by atoms with Crippen LogP contribution in [0.15, 0.2) is 47.1 Å². The zero-order valence-electron chi connectivity index (χ0n) is 11.3. The first-order chi connectivity index (χ1) is 10.1. The van der Waals surface area contributed by atoms with E-state index in [9.17, 15) is 4.39 Å². The Kier molecular flexibility index (Phi) is 3.51. The third-order valence-electron chi connectivity index (χ3n) is 3.33. The van der Waals surface area contributed by atoms with Crippen LogP contribution in [0, 0.1) is 12.7 Å². The molecule has 0 bridgehead atoms. The molecule has 1 aromatic heterocycles. The van der Waals surface area contributed by atoms with Crippen LogP contribution in [0.4, 0.5) is 21.5 Å². The maximum Gasteiger partial charge on any atom is 0.146 e. The Hall–Kier alpha value is -2.14. The molecule has 1 heterocycles. The molecule has 0 spiro atoms. The second-order valence-corrected chi connectivity index (χ2v) is 5.72. The lowest BCUT2D eigenvalue weighted by molar-refractivity contribution is 0.631. The van der Waals surface area contributed by atoms with Gasteiger partial charge in [0.15, 0.2) is 0 Å². The van der Waals surface area contributed by atoms with Crippen molar-refractivity contribution in [2.45, 2.75) is 6.92 Å². The number of nitrogens with zero attached hydrogens (tertiary/aromatic N) is 1. The average Bonchev–Trinajstić information content (AvgIpc) is 2.45. The number of fused-ring (bicyclic) bond motifs is 1. The number of para-hydroxylation sites is 1. The lowest BCUT2D eigenvalue weighted by Gasteiger charge is -2.15. The maximum absolute atomic E-state index is 14.0. The minimum Gasteiger partial charge on any atom is -0.396 e. The summed E-state index contributed by atoms with van der Waals surface area (Å²) in [6, 6.07) is 10.7. The fraction of sp³-hybridized carbons (Fsp3) is 0.0625. The molecule has 106 valence electrons. The summed E-state index contributed by atoms with van der Waals surface area (Å²) in [5.41, 5.74) is 9.20. The number of aromatic nitrogens is 1. The highest BCUT2D eigenvalue weighted by molar-refractivity contribution is 9.10. The molecule has 0 aliphatic heterocycles. The van der Waals surface area contributed by atoms with Gasteiger partial charge in [0.1, 0.15) is 5.82 Å². The van der Waals surface area contributed by atoms with Crippen molar-refractivity contribution in [1.82, 2.24) is 4.98 Å². The van der Waals surface area contributed by atoms with Crippen molar-refractivity contribution >= 4 is 43.9 Å². The smallest absolute Gasteiger partial charge is 0.146 e. The number of hydrogen-bond acceptors (Lipinski definition) is 3. The van der Waals surface area contributed by atoms with E-state index >= 15 is 0 Å². The zero-order chi connectivity index (χ0) is 15.0. The summed E-state index contributed by atoms with van der Waals surface area (Å²) in [4.78, 5) is 4.29. The fourth-order valence-electron chi connectivity index (χ4n) is 2.23. The molecule has 0 amide bonds. The SMILES string of the molecule is Cc1cccc(F)c1Nc1c(N)cnc2ccc(Br)cc12. The molecule has 0 radical (unpaired) electrons. The van der Waals surface area contributed by atoms with Crippen LogP contribution < -0.4 is 11.1 Å².